The number of nitrogens with zero attached hydrogens (tertiary/aromatic N) is 1. The number of halogens is 1. The summed E-state index contributed by atoms with van der Waals surface area (Å²) in [5, 5.41) is 3.00. The van der Waals surface area contributed by atoms with Crippen LogP contribution in [0.2, 0.25) is 5.02 Å². The second kappa shape index (κ2) is 5.11. The minimum absolute atomic E-state index is 0.104. The average Bonchev–Trinajstić information content (AvgIpc) is 2.35. The molecule has 2 aromatic rings. The Labute approximate surface area is 112 Å². The first-order valence-electron chi connectivity index (χ1n) is 5.34. The molecule has 0 aliphatic heterocycles. The number of aromatic nitrogens is 2. The van der Waals surface area contributed by atoms with Crippen LogP contribution in [0.25, 0.3) is 0 Å². The molecule has 19 heavy (non-hydrogen) atoms. The number of hydrogen-bond acceptors (Lipinski definition) is 3. The number of nitrogens with one attached hydrogen (secondary N) is 2. The van der Waals surface area contributed by atoms with E-state index in [0.717, 1.165) is 10.6 Å². The topological polar surface area (TPSA) is 84.0 Å². The average molecular weight is 280 g/mol. The summed E-state index contributed by atoms with van der Waals surface area (Å²) in [6, 6.07) is 7.59. The Morgan fingerprint density at radius 3 is 2.68 bits per heavy atom. The predicted molar refractivity (Wildman–Crippen MR) is 71.7 cm³/mol. The SMILES string of the molecule is Cn1c(=O)cc(C(=O)Nc2cccc(Cl)c2)[nH]c1=O. The molecule has 0 aliphatic carbocycles. The Morgan fingerprint density at radius 1 is 1.32 bits per heavy atom. The van der Waals surface area contributed by atoms with Crippen molar-refractivity contribution in [3.8, 4) is 0 Å². The fourth-order valence-electron chi connectivity index (χ4n) is 1.44. The summed E-state index contributed by atoms with van der Waals surface area (Å²) < 4.78 is 0.871. The highest BCUT2D eigenvalue weighted by Gasteiger charge is 2.10. The molecule has 0 spiro atoms. The van der Waals surface area contributed by atoms with Gasteiger partial charge in [-0.25, -0.2) is 4.79 Å². The van der Waals surface area contributed by atoms with Gasteiger partial charge in [-0.3, -0.25) is 14.2 Å². The Morgan fingerprint density at radius 2 is 2.05 bits per heavy atom. The third-order valence-electron chi connectivity index (χ3n) is 2.47. The lowest BCUT2D eigenvalue weighted by atomic mass is 10.3. The predicted octanol–water partition coefficient (Wildman–Crippen LogP) is 0.979. The van der Waals surface area contributed by atoms with Crippen molar-refractivity contribution < 1.29 is 4.79 Å². The number of benzene rings is 1. The minimum Gasteiger partial charge on any atom is -0.321 e. The second-order valence-electron chi connectivity index (χ2n) is 3.85. The Kier molecular flexibility index (Phi) is 3.52. The number of anilines is 1. The maximum Gasteiger partial charge on any atom is 0.328 e. The zero-order valence-corrected chi connectivity index (χ0v) is 10.7. The van der Waals surface area contributed by atoms with Crippen molar-refractivity contribution in [2.45, 2.75) is 0 Å². The molecule has 1 heterocycles. The van der Waals surface area contributed by atoms with Crippen LogP contribution in [0.3, 0.4) is 0 Å². The Balaban J connectivity index is 2.31. The normalized spacial score (nSPS) is 10.2. The molecule has 0 saturated carbocycles. The zero-order chi connectivity index (χ0) is 14.0. The van der Waals surface area contributed by atoms with Gasteiger partial charge < -0.3 is 10.3 Å². The molecule has 2 N–H and O–H groups in total. The molecule has 6 nitrogen and oxygen atoms in total. The number of H-pyrrole nitrogens is 1. The molecule has 0 radical (unpaired) electrons. The van der Waals surface area contributed by atoms with Crippen LogP contribution in [0.1, 0.15) is 10.5 Å². The van der Waals surface area contributed by atoms with Crippen LogP contribution < -0.4 is 16.6 Å². The first-order valence-corrected chi connectivity index (χ1v) is 5.72. The molecule has 1 amide bonds. The van der Waals surface area contributed by atoms with Crippen molar-refractivity contribution in [1.82, 2.24) is 9.55 Å². The van der Waals surface area contributed by atoms with E-state index in [0.29, 0.717) is 10.7 Å². The number of hydrogen-bond donors (Lipinski definition) is 2. The number of carbonyl (C=O) groups excluding carboxylic acids is 1. The van der Waals surface area contributed by atoms with E-state index in [4.69, 9.17) is 11.6 Å². The monoisotopic (exact) mass is 279 g/mol. The molecule has 0 bridgehead atoms. The maximum atomic E-state index is 11.9. The van der Waals surface area contributed by atoms with E-state index in [-0.39, 0.29) is 5.69 Å². The lowest BCUT2D eigenvalue weighted by Gasteiger charge is -2.05. The summed E-state index contributed by atoms with van der Waals surface area (Å²) >= 11 is 5.78. The number of amides is 1. The second-order valence-corrected chi connectivity index (χ2v) is 4.29. The fourth-order valence-corrected chi connectivity index (χ4v) is 1.63. The Hall–Kier alpha value is -2.34. The van der Waals surface area contributed by atoms with Gasteiger partial charge in [0.2, 0.25) is 0 Å². The van der Waals surface area contributed by atoms with Crippen LogP contribution in [0, 0.1) is 0 Å². The van der Waals surface area contributed by atoms with E-state index in [1.54, 1.807) is 24.3 Å². The van der Waals surface area contributed by atoms with Crippen molar-refractivity contribution in [2.24, 2.45) is 7.05 Å². The van der Waals surface area contributed by atoms with Gasteiger partial charge in [0.25, 0.3) is 11.5 Å². The molecule has 1 aromatic carbocycles. The zero-order valence-electron chi connectivity index (χ0n) is 9.94. The lowest BCUT2D eigenvalue weighted by Crippen LogP contribution is -2.34. The van der Waals surface area contributed by atoms with Gasteiger partial charge in [-0.1, -0.05) is 17.7 Å². The van der Waals surface area contributed by atoms with Gasteiger partial charge in [-0.2, -0.15) is 0 Å². The van der Waals surface area contributed by atoms with E-state index < -0.39 is 17.2 Å². The van der Waals surface area contributed by atoms with Crippen molar-refractivity contribution in [3.05, 3.63) is 61.9 Å². The van der Waals surface area contributed by atoms with E-state index >= 15 is 0 Å². The van der Waals surface area contributed by atoms with Gasteiger partial charge in [0.1, 0.15) is 5.69 Å². The first kappa shape index (κ1) is 13.1. The summed E-state index contributed by atoms with van der Waals surface area (Å²) in [6.07, 6.45) is 0. The summed E-state index contributed by atoms with van der Waals surface area (Å²) in [6.45, 7) is 0. The van der Waals surface area contributed by atoms with E-state index in [2.05, 4.69) is 10.3 Å². The van der Waals surface area contributed by atoms with E-state index in [1.807, 2.05) is 0 Å². The van der Waals surface area contributed by atoms with Gasteiger partial charge in [0, 0.05) is 23.8 Å². The van der Waals surface area contributed by atoms with Gasteiger partial charge in [-0.15, -0.1) is 0 Å². The van der Waals surface area contributed by atoms with Crippen molar-refractivity contribution in [1.29, 1.82) is 0 Å². The first-order chi connectivity index (χ1) is 8.97. The summed E-state index contributed by atoms with van der Waals surface area (Å²) in [4.78, 5) is 37.0. The third-order valence-corrected chi connectivity index (χ3v) is 2.71. The van der Waals surface area contributed by atoms with Gasteiger partial charge in [-0.05, 0) is 18.2 Å². The molecule has 0 unspecified atom stereocenters. The molecular weight excluding hydrogens is 270 g/mol. The Bertz CT molecular complexity index is 717. The minimum atomic E-state index is -0.649. The van der Waals surface area contributed by atoms with Gasteiger partial charge in [0.15, 0.2) is 0 Å². The number of rotatable bonds is 2. The van der Waals surface area contributed by atoms with Crippen LogP contribution in [0.5, 0.6) is 0 Å². The van der Waals surface area contributed by atoms with Crippen LogP contribution in [-0.4, -0.2) is 15.5 Å². The molecular formula is C12H10ClN3O3. The molecule has 98 valence electrons. The van der Waals surface area contributed by atoms with Crippen LogP contribution in [0.15, 0.2) is 39.9 Å². The molecule has 1 aromatic heterocycles. The van der Waals surface area contributed by atoms with Crippen LogP contribution in [0.4, 0.5) is 5.69 Å². The van der Waals surface area contributed by atoms with Gasteiger partial charge >= 0.3 is 5.69 Å². The van der Waals surface area contributed by atoms with Gasteiger partial charge in [0.05, 0.1) is 0 Å². The standard InChI is InChI=1S/C12H10ClN3O3/c1-16-10(17)6-9(15-12(16)19)11(18)14-8-4-2-3-7(13)5-8/h2-6H,1H3,(H,14,18)(H,15,19). The molecule has 0 atom stereocenters. The number of aromatic amines is 1. The van der Waals surface area contributed by atoms with E-state index in [9.17, 15) is 14.4 Å². The number of carbonyl (C=O) groups is 1. The molecule has 0 fully saturated rings. The molecule has 7 heteroatoms. The molecule has 2 rings (SSSR count). The summed E-state index contributed by atoms with van der Waals surface area (Å²) in [5.74, 6) is -0.586. The van der Waals surface area contributed by atoms with E-state index in [1.165, 1.54) is 7.05 Å². The van der Waals surface area contributed by atoms with Crippen molar-refractivity contribution in [2.75, 3.05) is 5.32 Å². The lowest BCUT2D eigenvalue weighted by molar-refractivity contribution is 0.102. The van der Waals surface area contributed by atoms with Crippen LogP contribution in [-0.2, 0) is 7.05 Å². The highest BCUT2D eigenvalue weighted by Crippen LogP contribution is 2.15. The maximum absolute atomic E-state index is 11.9. The highest BCUT2D eigenvalue weighted by molar-refractivity contribution is 6.30. The smallest absolute Gasteiger partial charge is 0.321 e. The highest BCUT2D eigenvalue weighted by atomic mass is 35.5. The van der Waals surface area contributed by atoms with Crippen molar-refractivity contribution in [3.63, 3.8) is 0 Å². The molecule has 0 saturated heterocycles. The molecule has 0 aliphatic rings. The summed E-state index contributed by atoms with van der Waals surface area (Å²) in [5.41, 5.74) is -0.837. The largest absolute Gasteiger partial charge is 0.328 e. The van der Waals surface area contributed by atoms with Crippen LogP contribution >= 0.6 is 11.6 Å². The summed E-state index contributed by atoms with van der Waals surface area (Å²) in [7, 11) is 1.32. The fraction of sp³-hybridized carbons (Fsp3) is 0.0833. The quantitative estimate of drug-likeness (QED) is 0.859. The third kappa shape index (κ3) is 2.92. The van der Waals surface area contributed by atoms with Crippen molar-refractivity contribution >= 4 is 23.2 Å².